The van der Waals surface area contributed by atoms with Crippen LogP contribution in [0, 0.1) is 0 Å². The third-order valence-corrected chi connectivity index (χ3v) is 7.76. The summed E-state index contributed by atoms with van der Waals surface area (Å²) in [5.74, 6) is 2.57. The number of hydrogen-bond acceptors (Lipinski definition) is 9. The molecule has 1 aliphatic heterocycles. The highest BCUT2D eigenvalue weighted by atomic mass is 32.2. The molecule has 0 saturated carbocycles. The molecule has 0 atom stereocenters. The summed E-state index contributed by atoms with van der Waals surface area (Å²) >= 11 is 4.82. The van der Waals surface area contributed by atoms with Gasteiger partial charge in [0.05, 0.1) is 10.8 Å². The molecule has 0 unspecified atom stereocenters. The van der Waals surface area contributed by atoms with Crippen molar-refractivity contribution < 1.29 is 17.9 Å². The monoisotopic (exact) mass is 446 g/mol. The SMILES string of the molecule is CS(=O)(=O)Nc1nnc(NC(=O)COc2ccc(C3SCCCS3)cc2)s1. The maximum atomic E-state index is 12.0. The summed E-state index contributed by atoms with van der Waals surface area (Å²) < 4.78 is 30.4. The smallest absolute Gasteiger partial charge is 0.264 e. The van der Waals surface area contributed by atoms with Crippen LogP contribution in [-0.4, -0.2) is 48.9 Å². The van der Waals surface area contributed by atoms with Gasteiger partial charge in [0, 0.05) is 0 Å². The van der Waals surface area contributed by atoms with Crippen LogP contribution in [0.2, 0.25) is 0 Å². The fourth-order valence-electron chi connectivity index (χ4n) is 2.18. The van der Waals surface area contributed by atoms with Gasteiger partial charge in [0.2, 0.25) is 20.3 Å². The number of benzene rings is 1. The van der Waals surface area contributed by atoms with E-state index < -0.39 is 15.9 Å². The van der Waals surface area contributed by atoms with Crippen LogP contribution in [0.5, 0.6) is 5.75 Å². The highest BCUT2D eigenvalue weighted by molar-refractivity contribution is 8.16. The van der Waals surface area contributed by atoms with Gasteiger partial charge in [-0.3, -0.25) is 14.8 Å². The van der Waals surface area contributed by atoms with Crippen molar-refractivity contribution >= 4 is 61.1 Å². The molecule has 12 heteroatoms. The van der Waals surface area contributed by atoms with Crippen LogP contribution in [0.15, 0.2) is 24.3 Å². The topological polar surface area (TPSA) is 110 Å². The second-order valence-electron chi connectivity index (χ2n) is 5.62. The molecule has 0 aliphatic carbocycles. The first kappa shape index (κ1) is 20.2. The molecule has 8 nitrogen and oxygen atoms in total. The summed E-state index contributed by atoms with van der Waals surface area (Å²) in [5, 5.41) is 10.2. The number of aromatic nitrogens is 2. The van der Waals surface area contributed by atoms with Crippen molar-refractivity contribution in [3.8, 4) is 5.75 Å². The fourth-order valence-corrected chi connectivity index (χ4v) is 6.56. The molecule has 2 heterocycles. The minimum absolute atomic E-state index is 0.0859. The van der Waals surface area contributed by atoms with E-state index in [4.69, 9.17) is 4.74 Å². The second kappa shape index (κ2) is 9.13. The normalized spacial score (nSPS) is 15.3. The molecule has 1 saturated heterocycles. The summed E-state index contributed by atoms with van der Waals surface area (Å²) in [7, 11) is -3.43. The summed E-state index contributed by atoms with van der Waals surface area (Å²) in [6, 6.07) is 7.77. The van der Waals surface area contributed by atoms with Gasteiger partial charge >= 0.3 is 0 Å². The molecule has 2 N–H and O–H groups in total. The Balaban J connectivity index is 1.47. The Labute approximate surface area is 169 Å². The number of rotatable bonds is 7. The molecule has 0 bridgehead atoms. The minimum Gasteiger partial charge on any atom is -0.484 e. The number of anilines is 2. The van der Waals surface area contributed by atoms with Crippen molar-refractivity contribution in [3.63, 3.8) is 0 Å². The Morgan fingerprint density at radius 3 is 2.52 bits per heavy atom. The predicted octanol–water partition coefficient (Wildman–Crippen LogP) is 2.80. The van der Waals surface area contributed by atoms with E-state index in [1.54, 1.807) is 0 Å². The molecule has 0 spiro atoms. The number of nitrogens with zero attached hydrogens (tertiary/aromatic N) is 2. The quantitative estimate of drug-likeness (QED) is 0.668. The zero-order chi connectivity index (χ0) is 19.3. The molecule has 3 rings (SSSR count). The molecule has 1 aromatic carbocycles. The number of amides is 1. The molecular formula is C15H18N4O4S4. The maximum Gasteiger partial charge on any atom is 0.264 e. The van der Waals surface area contributed by atoms with Crippen molar-refractivity contribution in [2.45, 2.75) is 11.0 Å². The largest absolute Gasteiger partial charge is 0.484 e. The predicted molar refractivity (Wildman–Crippen MR) is 111 cm³/mol. The number of nitrogens with one attached hydrogen (secondary N) is 2. The summed E-state index contributed by atoms with van der Waals surface area (Å²) in [4.78, 5) is 12.0. The van der Waals surface area contributed by atoms with Gasteiger partial charge in [-0.15, -0.1) is 33.7 Å². The first-order chi connectivity index (χ1) is 12.9. The van der Waals surface area contributed by atoms with Crippen LogP contribution in [-0.2, 0) is 14.8 Å². The number of sulfonamides is 1. The van der Waals surface area contributed by atoms with Crippen LogP contribution < -0.4 is 14.8 Å². The molecule has 146 valence electrons. The highest BCUT2D eigenvalue weighted by Crippen LogP contribution is 2.43. The Bertz CT molecular complexity index is 879. The average molecular weight is 447 g/mol. The van der Waals surface area contributed by atoms with Crippen molar-refractivity contribution in [2.75, 3.05) is 34.4 Å². The number of ether oxygens (including phenoxy) is 1. The van der Waals surface area contributed by atoms with E-state index in [1.807, 2.05) is 47.8 Å². The van der Waals surface area contributed by atoms with Gasteiger partial charge in [0.25, 0.3) is 5.91 Å². The maximum absolute atomic E-state index is 12.0. The van der Waals surface area contributed by atoms with E-state index in [2.05, 4.69) is 20.2 Å². The molecule has 1 fully saturated rings. The second-order valence-corrected chi connectivity index (χ2v) is 11.1. The molecular weight excluding hydrogens is 428 g/mol. The van der Waals surface area contributed by atoms with E-state index >= 15 is 0 Å². The Morgan fingerprint density at radius 1 is 1.19 bits per heavy atom. The van der Waals surface area contributed by atoms with Gasteiger partial charge in [0.1, 0.15) is 5.75 Å². The van der Waals surface area contributed by atoms with Gasteiger partial charge in [-0.2, -0.15) is 0 Å². The third kappa shape index (κ3) is 6.55. The molecule has 1 aliphatic rings. The van der Waals surface area contributed by atoms with Gasteiger partial charge < -0.3 is 4.74 Å². The molecule has 0 radical (unpaired) electrons. The van der Waals surface area contributed by atoms with Gasteiger partial charge in [-0.25, -0.2) is 8.42 Å². The molecule has 2 aromatic rings. The lowest BCUT2D eigenvalue weighted by molar-refractivity contribution is -0.118. The molecule has 1 amide bonds. The zero-order valence-corrected chi connectivity index (χ0v) is 17.6. The van der Waals surface area contributed by atoms with E-state index in [0.29, 0.717) is 10.3 Å². The highest BCUT2D eigenvalue weighted by Gasteiger charge is 2.16. The van der Waals surface area contributed by atoms with Crippen molar-refractivity contribution in [2.24, 2.45) is 0 Å². The third-order valence-electron chi connectivity index (χ3n) is 3.29. The minimum atomic E-state index is -3.43. The number of hydrogen-bond donors (Lipinski definition) is 2. The van der Waals surface area contributed by atoms with E-state index in [-0.39, 0.29) is 16.9 Å². The molecule has 27 heavy (non-hydrogen) atoms. The van der Waals surface area contributed by atoms with E-state index in [1.165, 1.54) is 23.5 Å². The lowest BCUT2D eigenvalue weighted by Gasteiger charge is -2.21. The van der Waals surface area contributed by atoms with Crippen LogP contribution in [0.3, 0.4) is 0 Å². The number of carbonyl (C=O) groups excluding carboxylic acids is 1. The number of thioether (sulfide) groups is 2. The van der Waals surface area contributed by atoms with Crippen molar-refractivity contribution in [3.05, 3.63) is 29.8 Å². The van der Waals surface area contributed by atoms with Crippen molar-refractivity contribution in [1.29, 1.82) is 0 Å². The number of carbonyl (C=O) groups is 1. The van der Waals surface area contributed by atoms with Gasteiger partial charge in [-0.1, -0.05) is 23.5 Å². The first-order valence-electron chi connectivity index (χ1n) is 7.96. The van der Waals surface area contributed by atoms with Gasteiger partial charge in [-0.05, 0) is 35.6 Å². The standard InChI is InChI=1S/C15H18N4O4S4/c1-27(21,22)19-15-18-17-14(26-15)16-12(20)9-23-11-5-3-10(4-6-11)13-24-7-2-8-25-13/h3-6,13H,2,7-9H2,1H3,(H,18,19)(H,16,17,20). The Morgan fingerprint density at radius 2 is 1.85 bits per heavy atom. The van der Waals surface area contributed by atoms with Crippen LogP contribution in [0.4, 0.5) is 10.3 Å². The van der Waals surface area contributed by atoms with E-state index in [0.717, 1.165) is 17.6 Å². The Hall–Kier alpha value is -1.50. The first-order valence-corrected chi connectivity index (χ1v) is 12.8. The van der Waals surface area contributed by atoms with Crippen LogP contribution in [0.25, 0.3) is 0 Å². The average Bonchev–Trinajstić information content (AvgIpc) is 3.06. The van der Waals surface area contributed by atoms with Crippen LogP contribution >= 0.6 is 34.9 Å². The Kier molecular flexibility index (Phi) is 6.84. The zero-order valence-electron chi connectivity index (χ0n) is 14.4. The summed E-state index contributed by atoms with van der Waals surface area (Å²) in [6.07, 6.45) is 2.26. The lowest BCUT2D eigenvalue weighted by atomic mass is 10.2. The van der Waals surface area contributed by atoms with Gasteiger partial charge in [0.15, 0.2) is 6.61 Å². The van der Waals surface area contributed by atoms with E-state index in [9.17, 15) is 13.2 Å². The summed E-state index contributed by atoms with van der Waals surface area (Å²) in [5.41, 5.74) is 1.25. The fraction of sp³-hybridized carbons (Fsp3) is 0.400. The van der Waals surface area contributed by atoms with Crippen molar-refractivity contribution in [1.82, 2.24) is 10.2 Å². The molecule has 1 aromatic heterocycles. The van der Waals surface area contributed by atoms with Crippen LogP contribution in [0.1, 0.15) is 16.6 Å². The lowest BCUT2D eigenvalue weighted by Crippen LogP contribution is -2.20. The summed E-state index contributed by atoms with van der Waals surface area (Å²) in [6.45, 7) is -0.180.